The lowest BCUT2D eigenvalue weighted by atomic mass is 9.86. The third-order valence-electron chi connectivity index (χ3n) is 4.38. The van der Waals surface area contributed by atoms with E-state index < -0.39 is 0 Å². The van der Waals surface area contributed by atoms with E-state index in [4.69, 9.17) is 10.00 Å². The van der Waals surface area contributed by atoms with Crippen molar-refractivity contribution in [3.8, 4) is 5.40 Å². The Bertz CT molecular complexity index is 721. The second-order valence-corrected chi connectivity index (χ2v) is 8.10. The van der Waals surface area contributed by atoms with Gasteiger partial charge in [0.25, 0.3) is 0 Å². The van der Waals surface area contributed by atoms with Crippen LogP contribution in [0.3, 0.4) is 0 Å². The molecule has 1 saturated carbocycles. The maximum Gasteiger partial charge on any atom is 0.140 e. The lowest BCUT2D eigenvalue weighted by Gasteiger charge is -2.37. The van der Waals surface area contributed by atoms with Crippen LogP contribution in [-0.4, -0.2) is 15.9 Å². The zero-order chi connectivity index (χ0) is 17.2. The van der Waals surface area contributed by atoms with Gasteiger partial charge in [-0.15, -0.1) is 0 Å². The summed E-state index contributed by atoms with van der Waals surface area (Å²) in [5.74, 6) is 0. The summed E-state index contributed by atoms with van der Waals surface area (Å²) in [6, 6.07) is 12.7. The largest absolute Gasteiger partial charge is 0.373 e. The Morgan fingerprint density at radius 3 is 2.62 bits per heavy atom. The van der Waals surface area contributed by atoms with Gasteiger partial charge in [0.1, 0.15) is 10.4 Å². The maximum atomic E-state index is 8.90. The number of rotatable bonds is 5. The molecule has 24 heavy (non-hydrogen) atoms. The van der Waals surface area contributed by atoms with Crippen LogP contribution in [0.15, 0.2) is 41.4 Å². The fourth-order valence-corrected chi connectivity index (χ4v) is 3.36. The molecular weight excluding hydrogens is 318 g/mol. The minimum atomic E-state index is 0.0112. The number of benzene rings is 1. The molecule has 1 aromatic heterocycles. The third kappa shape index (κ3) is 3.82. The number of ether oxygens (including phenoxy) is 1. The number of nitrogens with zero attached hydrogens (tertiary/aromatic N) is 3. The first-order chi connectivity index (χ1) is 11.5. The van der Waals surface area contributed by atoms with Crippen molar-refractivity contribution in [2.75, 3.05) is 0 Å². The number of aromatic nitrogens is 2. The first kappa shape index (κ1) is 17.1. The van der Waals surface area contributed by atoms with Crippen LogP contribution in [0.4, 0.5) is 0 Å². The molecule has 0 radical (unpaired) electrons. The van der Waals surface area contributed by atoms with Gasteiger partial charge in [0, 0.05) is 22.9 Å². The highest BCUT2D eigenvalue weighted by Crippen LogP contribution is 2.39. The monoisotopic (exact) mass is 341 g/mol. The summed E-state index contributed by atoms with van der Waals surface area (Å²) < 4.78 is 8.11. The molecule has 2 aromatic rings. The molecule has 1 aliphatic rings. The third-order valence-corrected chi connectivity index (χ3v) is 4.88. The summed E-state index contributed by atoms with van der Waals surface area (Å²) in [6.45, 7) is 7.22. The van der Waals surface area contributed by atoms with E-state index in [1.165, 1.54) is 11.3 Å². The second-order valence-electron chi connectivity index (χ2n) is 7.30. The van der Waals surface area contributed by atoms with Crippen LogP contribution in [0.25, 0.3) is 0 Å². The highest BCUT2D eigenvalue weighted by Gasteiger charge is 2.35. The van der Waals surface area contributed by atoms with Gasteiger partial charge >= 0.3 is 0 Å². The van der Waals surface area contributed by atoms with Gasteiger partial charge in [0.05, 0.1) is 18.8 Å². The summed E-state index contributed by atoms with van der Waals surface area (Å²) >= 11 is 1.13. The zero-order valence-corrected chi connectivity index (χ0v) is 15.2. The molecule has 0 bridgehead atoms. The molecule has 0 amide bonds. The van der Waals surface area contributed by atoms with E-state index in [0.29, 0.717) is 18.8 Å². The van der Waals surface area contributed by atoms with Crippen LogP contribution in [0, 0.1) is 10.7 Å². The minimum absolute atomic E-state index is 0.0112. The van der Waals surface area contributed by atoms with Crippen molar-refractivity contribution >= 4 is 11.8 Å². The van der Waals surface area contributed by atoms with Gasteiger partial charge < -0.3 is 4.74 Å². The molecule has 1 aromatic carbocycles. The molecule has 1 heterocycles. The van der Waals surface area contributed by atoms with Crippen LogP contribution in [0.5, 0.6) is 0 Å². The van der Waals surface area contributed by atoms with Crippen molar-refractivity contribution < 1.29 is 4.74 Å². The normalized spacial score (nSPS) is 20.4. The van der Waals surface area contributed by atoms with E-state index >= 15 is 0 Å². The van der Waals surface area contributed by atoms with Crippen molar-refractivity contribution in [3.63, 3.8) is 0 Å². The van der Waals surface area contributed by atoms with Gasteiger partial charge in [-0.3, -0.25) is 4.68 Å². The van der Waals surface area contributed by atoms with Crippen molar-refractivity contribution in [1.82, 2.24) is 9.78 Å². The number of thioether (sulfide) groups is 1. The van der Waals surface area contributed by atoms with Crippen LogP contribution < -0.4 is 0 Å². The molecule has 0 atom stereocenters. The van der Waals surface area contributed by atoms with Gasteiger partial charge in [-0.1, -0.05) is 51.1 Å². The highest BCUT2D eigenvalue weighted by molar-refractivity contribution is 8.03. The van der Waals surface area contributed by atoms with Crippen molar-refractivity contribution in [1.29, 1.82) is 5.26 Å². The standard InChI is InChI=1S/C19H23N3OS/c1-19(2,3)17-11-18(24-13-20)21-22(17)15-9-16(10-15)23-12-14-7-5-4-6-8-14/h4-8,11,15-16H,9-10,12H2,1-3H3/t15-,16+. The molecule has 0 spiro atoms. The van der Waals surface area contributed by atoms with E-state index in [1.54, 1.807) is 0 Å². The average molecular weight is 341 g/mol. The number of hydrogen-bond acceptors (Lipinski definition) is 4. The Hall–Kier alpha value is -1.77. The fraction of sp³-hybridized carbons (Fsp3) is 0.474. The van der Waals surface area contributed by atoms with Crippen LogP contribution in [-0.2, 0) is 16.8 Å². The van der Waals surface area contributed by atoms with E-state index in [1.807, 2.05) is 24.3 Å². The van der Waals surface area contributed by atoms with Crippen LogP contribution in [0.2, 0.25) is 0 Å². The van der Waals surface area contributed by atoms with Gasteiger partial charge in [-0.25, -0.2) is 0 Å². The quantitative estimate of drug-likeness (QED) is 0.585. The lowest BCUT2D eigenvalue weighted by molar-refractivity contribution is -0.0396. The minimum Gasteiger partial charge on any atom is -0.373 e. The molecule has 0 saturated heterocycles. The predicted molar refractivity (Wildman–Crippen MR) is 95.7 cm³/mol. The second kappa shape index (κ2) is 7.00. The zero-order valence-electron chi connectivity index (χ0n) is 14.4. The highest BCUT2D eigenvalue weighted by atomic mass is 32.2. The molecule has 5 heteroatoms. The Morgan fingerprint density at radius 2 is 2.00 bits per heavy atom. The van der Waals surface area contributed by atoms with Crippen molar-refractivity contribution in [2.24, 2.45) is 0 Å². The molecule has 3 rings (SSSR count). The first-order valence-corrected chi connectivity index (χ1v) is 9.10. The Labute approximate surface area is 147 Å². The predicted octanol–water partition coefficient (Wildman–Crippen LogP) is 4.67. The number of thiocyanates is 1. The summed E-state index contributed by atoms with van der Waals surface area (Å²) in [5, 5.41) is 16.4. The van der Waals surface area contributed by atoms with Crippen LogP contribution in [0.1, 0.15) is 50.9 Å². The van der Waals surface area contributed by atoms with Gasteiger partial charge in [-0.2, -0.15) is 10.4 Å². The summed E-state index contributed by atoms with van der Waals surface area (Å²) in [5.41, 5.74) is 2.41. The molecule has 126 valence electrons. The van der Waals surface area contributed by atoms with Gasteiger partial charge in [-0.05, 0) is 24.5 Å². The molecule has 0 N–H and O–H groups in total. The van der Waals surface area contributed by atoms with Gasteiger partial charge in [0.2, 0.25) is 0 Å². The smallest absolute Gasteiger partial charge is 0.140 e. The van der Waals surface area contributed by atoms with E-state index in [2.05, 4.69) is 48.1 Å². The molecule has 1 aliphatic carbocycles. The Morgan fingerprint density at radius 1 is 1.29 bits per heavy atom. The summed E-state index contributed by atoms with van der Waals surface area (Å²) in [4.78, 5) is 0. The number of nitriles is 1. The summed E-state index contributed by atoms with van der Waals surface area (Å²) in [6.07, 6.45) is 2.25. The average Bonchev–Trinajstić information content (AvgIpc) is 2.91. The van der Waals surface area contributed by atoms with Crippen molar-refractivity contribution in [2.45, 2.75) is 62.8 Å². The fourth-order valence-electron chi connectivity index (χ4n) is 2.97. The number of hydrogen-bond donors (Lipinski definition) is 0. The topological polar surface area (TPSA) is 50.8 Å². The molecular formula is C19H23N3OS. The van der Waals surface area contributed by atoms with E-state index in [9.17, 15) is 0 Å². The van der Waals surface area contributed by atoms with E-state index in [0.717, 1.165) is 29.6 Å². The molecule has 0 unspecified atom stereocenters. The maximum absolute atomic E-state index is 8.90. The SMILES string of the molecule is CC(C)(C)c1cc(SC#N)nn1[C@H]1C[C@@H](OCc2ccccc2)C1. The lowest BCUT2D eigenvalue weighted by Crippen LogP contribution is -2.36. The Kier molecular flexibility index (Phi) is 4.98. The molecule has 1 fully saturated rings. The summed E-state index contributed by atoms with van der Waals surface area (Å²) in [7, 11) is 0. The Balaban J connectivity index is 1.62. The molecule has 0 aliphatic heterocycles. The van der Waals surface area contributed by atoms with Crippen molar-refractivity contribution in [3.05, 3.63) is 47.7 Å². The van der Waals surface area contributed by atoms with E-state index in [-0.39, 0.29) is 5.41 Å². The first-order valence-electron chi connectivity index (χ1n) is 8.29. The van der Waals surface area contributed by atoms with Gasteiger partial charge in [0.15, 0.2) is 0 Å². The van der Waals surface area contributed by atoms with Crippen LogP contribution >= 0.6 is 11.8 Å². The molecule has 4 nitrogen and oxygen atoms in total.